The Kier molecular flexibility index (Phi) is 2.66. The second-order valence-corrected chi connectivity index (χ2v) is 4.41. The maximum atomic E-state index is 12.0. The number of fused-ring (bicyclic) bond motifs is 1. The molecule has 5 nitrogen and oxygen atoms in total. The van der Waals surface area contributed by atoms with Crippen molar-refractivity contribution in [2.75, 3.05) is 13.2 Å². The Labute approximate surface area is 94.4 Å². The number of aliphatic hydroxyl groups excluding tert-OH is 1. The maximum Gasteiger partial charge on any atom is 0.354 e. The Morgan fingerprint density at radius 1 is 1.62 bits per heavy atom. The third-order valence-corrected chi connectivity index (χ3v) is 3.81. The molecular formula is C11H17NO4. The van der Waals surface area contributed by atoms with Crippen LogP contribution in [-0.2, 0) is 14.4 Å². The Hall–Kier alpha value is -1.10. The third-order valence-electron chi connectivity index (χ3n) is 3.81. The van der Waals surface area contributed by atoms with E-state index in [0.29, 0.717) is 18.7 Å². The zero-order valence-corrected chi connectivity index (χ0v) is 9.65. The molecule has 0 radical (unpaired) electrons. The van der Waals surface area contributed by atoms with E-state index in [9.17, 15) is 9.90 Å². The molecule has 0 amide bonds. The zero-order chi connectivity index (χ0) is 11.8. The fraction of sp³-hybridized carbons (Fsp3) is 0.818. The van der Waals surface area contributed by atoms with Crippen LogP contribution >= 0.6 is 0 Å². The highest BCUT2D eigenvalue weighted by atomic mass is 16.7. The summed E-state index contributed by atoms with van der Waals surface area (Å²) in [6, 6.07) is 0. The Balaban J connectivity index is 2.37. The topological polar surface area (TPSA) is 68.1 Å². The van der Waals surface area contributed by atoms with Gasteiger partial charge in [0.1, 0.15) is 0 Å². The fourth-order valence-corrected chi connectivity index (χ4v) is 2.82. The summed E-state index contributed by atoms with van der Waals surface area (Å²) in [6.45, 7) is 3.74. The predicted molar refractivity (Wildman–Crippen MR) is 56.9 cm³/mol. The number of nitrogens with zero attached hydrogens (tertiary/aromatic N) is 1. The predicted octanol–water partition coefficient (Wildman–Crippen LogP) is 0.857. The van der Waals surface area contributed by atoms with Crippen molar-refractivity contribution in [3.05, 3.63) is 0 Å². The van der Waals surface area contributed by atoms with E-state index in [-0.39, 0.29) is 6.61 Å². The van der Waals surface area contributed by atoms with Crippen LogP contribution in [0.15, 0.2) is 5.16 Å². The summed E-state index contributed by atoms with van der Waals surface area (Å²) in [5, 5.41) is 13.5. The minimum Gasteiger partial charge on any atom is -0.463 e. The second kappa shape index (κ2) is 3.73. The molecule has 0 aromatic heterocycles. The van der Waals surface area contributed by atoms with E-state index in [1.807, 2.05) is 0 Å². The number of hydrogen-bond acceptors (Lipinski definition) is 5. The summed E-state index contributed by atoms with van der Waals surface area (Å²) >= 11 is 0. The molecule has 0 bridgehead atoms. The van der Waals surface area contributed by atoms with Crippen LogP contribution in [0.4, 0.5) is 0 Å². The first-order valence-corrected chi connectivity index (χ1v) is 5.64. The molecule has 0 aromatic carbocycles. The van der Waals surface area contributed by atoms with Crippen molar-refractivity contribution in [3.8, 4) is 0 Å². The van der Waals surface area contributed by atoms with Crippen LogP contribution in [0.2, 0.25) is 0 Å². The van der Waals surface area contributed by atoms with Crippen molar-refractivity contribution in [1.82, 2.24) is 0 Å². The van der Waals surface area contributed by atoms with E-state index in [1.165, 1.54) is 0 Å². The maximum absolute atomic E-state index is 12.0. The molecule has 1 fully saturated rings. The van der Waals surface area contributed by atoms with Gasteiger partial charge in [-0.15, -0.1) is 0 Å². The molecule has 0 aromatic rings. The lowest BCUT2D eigenvalue weighted by Crippen LogP contribution is -2.54. The standard InChI is InChI=1S/C11H17NO4/c1-3-15-9(14)11-6-4-5-10(11,7-13)8(2)12-16-11/h13H,3-7H2,1-2H3. The van der Waals surface area contributed by atoms with E-state index in [0.717, 1.165) is 12.8 Å². The molecule has 1 aliphatic heterocycles. The van der Waals surface area contributed by atoms with Gasteiger partial charge in [-0.25, -0.2) is 4.79 Å². The van der Waals surface area contributed by atoms with Crippen molar-refractivity contribution in [2.24, 2.45) is 10.6 Å². The molecule has 16 heavy (non-hydrogen) atoms. The highest BCUT2D eigenvalue weighted by Crippen LogP contribution is 2.53. The van der Waals surface area contributed by atoms with Crippen molar-refractivity contribution >= 4 is 11.7 Å². The van der Waals surface area contributed by atoms with Crippen LogP contribution in [0.3, 0.4) is 0 Å². The lowest BCUT2D eigenvalue weighted by atomic mass is 9.72. The lowest BCUT2D eigenvalue weighted by Gasteiger charge is -2.34. The second-order valence-electron chi connectivity index (χ2n) is 4.41. The van der Waals surface area contributed by atoms with Gasteiger partial charge in [0.2, 0.25) is 5.60 Å². The van der Waals surface area contributed by atoms with Crippen molar-refractivity contribution in [2.45, 2.75) is 38.7 Å². The number of carbonyl (C=O) groups is 1. The van der Waals surface area contributed by atoms with Crippen LogP contribution in [-0.4, -0.2) is 35.6 Å². The summed E-state index contributed by atoms with van der Waals surface area (Å²) in [4.78, 5) is 17.4. The molecule has 1 aliphatic carbocycles. The monoisotopic (exact) mass is 227 g/mol. The molecule has 0 spiro atoms. The van der Waals surface area contributed by atoms with Gasteiger partial charge in [-0.3, -0.25) is 0 Å². The van der Waals surface area contributed by atoms with Gasteiger partial charge in [0.25, 0.3) is 0 Å². The fourth-order valence-electron chi connectivity index (χ4n) is 2.82. The molecule has 1 N–H and O–H groups in total. The van der Waals surface area contributed by atoms with Crippen LogP contribution < -0.4 is 0 Å². The number of ether oxygens (including phenoxy) is 1. The van der Waals surface area contributed by atoms with Crippen LogP contribution in [0.1, 0.15) is 33.1 Å². The first-order chi connectivity index (χ1) is 7.63. The quantitative estimate of drug-likeness (QED) is 0.726. The average Bonchev–Trinajstić information content (AvgIpc) is 2.77. The Morgan fingerprint density at radius 2 is 2.38 bits per heavy atom. The molecule has 2 unspecified atom stereocenters. The third kappa shape index (κ3) is 1.15. The van der Waals surface area contributed by atoms with Gasteiger partial charge in [0, 0.05) is 6.42 Å². The highest BCUT2D eigenvalue weighted by Gasteiger charge is 2.68. The molecule has 2 atom stereocenters. The number of aliphatic hydroxyl groups is 1. The molecular weight excluding hydrogens is 210 g/mol. The lowest BCUT2D eigenvalue weighted by molar-refractivity contribution is -0.179. The minimum atomic E-state index is -1.08. The minimum absolute atomic E-state index is 0.124. The molecule has 5 heteroatoms. The van der Waals surface area contributed by atoms with Crippen LogP contribution in [0.25, 0.3) is 0 Å². The molecule has 1 heterocycles. The van der Waals surface area contributed by atoms with E-state index < -0.39 is 17.0 Å². The first kappa shape index (κ1) is 11.4. The SMILES string of the molecule is CCOC(=O)C12CCCC1(CO)C(C)=NO2. The number of esters is 1. The molecule has 90 valence electrons. The summed E-state index contributed by atoms with van der Waals surface area (Å²) in [5.41, 5.74) is -1.05. The summed E-state index contributed by atoms with van der Waals surface area (Å²) in [5.74, 6) is -0.401. The van der Waals surface area contributed by atoms with Crippen molar-refractivity contribution in [3.63, 3.8) is 0 Å². The van der Waals surface area contributed by atoms with Gasteiger partial charge in [0.15, 0.2) is 0 Å². The Bertz CT molecular complexity index is 341. The van der Waals surface area contributed by atoms with Gasteiger partial charge in [-0.05, 0) is 26.7 Å². The summed E-state index contributed by atoms with van der Waals surface area (Å²) in [6.07, 6.45) is 2.12. The summed E-state index contributed by atoms with van der Waals surface area (Å²) < 4.78 is 5.06. The van der Waals surface area contributed by atoms with E-state index in [2.05, 4.69) is 5.16 Å². The van der Waals surface area contributed by atoms with Crippen LogP contribution in [0.5, 0.6) is 0 Å². The van der Waals surface area contributed by atoms with Gasteiger partial charge >= 0.3 is 5.97 Å². The highest BCUT2D eigenvalue weighted by molar-refractivity contribution is 5.98. The van der Waals surface area contributed by atoms with E-state index >= 15 is 0 Å². The largest absolute Gasteiger partial charge is 0.463 e. The normalized spacial score (nSPS) is 36.6. The molecule has 2 rings (SSSR count). The Morgan fingerprint density at radius 3 is 3.00 bits per heavy atom. The number of carbonyl (C=O) groups excluding carboxylic acids is 1. The van der Waals surface area contributed by atoms with Gasteiger partial charge in [0.05, 0.1) is 24.3 Å². The van der Waals surface area contributed by atoms with Gasteiger partial charge < -0.3 is 14.7 Å². The molecule has 1 saturated carbocycles. The number of hydrogen-bond donors (Lipinski definition) is 1. The average molecular weight is 227 g/mol. The van der Waals surface area contributed by atoms with Gasteiger partial charge in [-0.2, -0.15) is 0 Å². The zero-order valence-electron chi connectivity index (χ0n) is 9.65. The van der Waals surface area contributed by atoms with Crippen molar-refractivity contribution in [1.29, 1.82) is 0 Å². The summed E-state index contributed by atoms with van der Waals surface area (Å²) in [7, 11) is 0. The number of oxime groups is 1. The van der Waals surface area contributed by atoms with Crippen molar-refractivity contribution < 1.29 is 19.5 Å². The van der Waals surface area contributed by atoms with Gasteiger partial charge in [-0.1, -0.05) is 5.16 Å². The smallest absolute Gasteiger partial charge is 0.354 e. The van der Waals surface area contributed by atoms with Crippen LogP contribution in [0, 0.1) is 5.41 Å². The molecule has 0 saturated heterocycles. The first-order valence-electron chi connectivity index (χ1n) is 5.64. The molecule has 2 aliphatic rings. The number of rotatable bonds is 3. The van der Waals surface area contributed by atoms with E-state index in [4.69, 9.17) is 9.57 Å². The van der Waals surface area contributed by atoms with E-state index in [1.54, 1.807) is 13.8 Å².